The van der Waals surface area contributed by atoms with Gasteiger partial charge in [0.25, 0.3) is 5.79 Å². The van der Waals surface area contributed by atoms with Gasteiger partial charge in [-0.15, -0.1) is 0 Å². The van der Waals surface area contributed by atoms with Crippen LogP contribution in [0.4, 0.5) is 0 Å². The van der Waals surface area contributed by atoms with Gasteiger partial charge in [0, 0.05) is 19.9 Å². The Morgan fingerprint density at radius 1 is 1.37 bits per heavy atom. The van der Waals surface area contributed by atoms with E-state index in [2.05, 4.69) is 10.6 Å². The Bertz CT molecular complexity index is 547. The van der Waals surface area contributed by atoms with E-state index in [4.69, 9.17) is 15.2 Å². The molecule has 1 fully saturated rings. The molecule has 0 radical (unpaired) electrons. The van der Waals surface area contributed by atoms with Crippen LogP contribution in [-0.2, 0) is 23.9 Å². The monoisotopic (exact) mass is 393 g/mol. The first kappa shape index (κ1) is 23.2. The molecule has 8 N–H and O–H groups in total. The molecule has 0 saturated carbocycles. The lowest BCUT2D eigenvalue weighted by molar-refractivity contribution is -0.296. The van der Waals surface area contributed by atoms with Crippen LogP contribution in [0.5, 0.6) is 0 Å². The van der Waals surface area contributed by atoms with Crippen LogP contribution in [-0.4, -0.2) is 94.2 Å². The molecule has 0 aromatic rings. The molecule has 156 valence electrons. The number of carbonyl (C=O) groups is 3. The largest absolute Gasteiger partial charge is 0.462 e. The van der Waals surface area contributed by atoms with Crippen molar-refractivity contribution in [2.75, 3.05) is 19.7 Å². The quantitative estimate of drug-likeness (QED) is 0.198. The molecule has 2 amide bonds. The average molecular weight is 393 g/mol. The van der Waals surface area contributed by atoms with Crippen LogP contribution in [0.1, 0.15) is 20.3 Å². The van der Waals surface area contributed by atoms with Crippen LogP contribution < -0.4 is 16.4 Å². The second kappa shape index (κ2) is 9.92. The molecule has 12 nitrogen and oxygen atoms in total. The number of hydrogen-bond donors (Lipinski definition) is 7. The fourth-order valence-electron chi connectivity index (χ4n) is 2.68. The number of carbonyl (C=O) groups excluding carboxylic acids is 3. The summed E-state index contributed by atoms with van der Waals surface area (Å²) < 4.78 is 9.95. The first-order chi connectivity index (χ1) is 12.6. The molecule has 1 rings (SSSR count). The topological polar surface area (TPSA) is 201 Å². The Kier molecular flexibility index (Phi) is 8.53. The highest BCUT2D eigenvalue weighted by Gasteiger charge is 2.54. The minimum absolute atomic E-state index is 0.0727. The van der Waals surface area contributed by atoms with Crippen LogP contribution in [0.3, 0.4) is 0 Å². The summed E-state index contributed by atoms with van der Waals surface area (Å²) in [7, 11) is 0. The van der Waals surface area contributed by atoms with Crippen molar-refractivity contribution in [1.29, 1.82) is 0 Å². The van der Waals surface area contributed by atoms with Crippen molar-refractivity contribution in [1.82, 2.24) is 10.6 Å². The zero-order valence-electron chi connectivity index (χ0n) is 15.1. The standard InChI is InChI=1S/C15H27N3O9/c1-3-26-14(24)15(25)4-8(20)11(18-7(2)19)13(27-15)12(23)9(21)6-17-10(22)5-16/h8-9,11-13,20-21,23,25H,3-6,16H2,1-2H3,(H,17,22)(H,18,19)/t8-,9+,11+,12+,13+,15?/m0/s1. The molecule has 27 heavy (non-hydrogen) atoms. The van der Waals surface area contributed by atoms with Gasteiger partial charge in [-0.1, -0.05) is 0 Å². The van der Waals surface area contributed by atoms with E-state index in [1.165, 1.54) is 6.92 Å². The summed E-state index contributed by atoms with van der Waals surface area (Å²) in [5.74, 6) is -4.94. The van der Waals surface area contributed by atoms with Crippen molar-refractivity contribution in [3.8, 4) is 0 Å². The van der Waals surface area contributed by atoms with Gasteiger partial charge in [-0.2, -0.15) is 0 Å². The third-order valence-electron chi connectivity index (χ3n) is 3.97. The van der Waals surface area contributed by atoms with Gasteiger partial charge in [0.05, 0.1) is 31.4 Å². The molecule has 1 heterocycles. The zero-order valence-corrected chi connectivity index (χ0v) is 15.1. The molecule has 0 aromatic carbocycles. The maximum absolute atomic E-state index is 12.0. The van der Waals surface area contributed by atoms with E-state index in [1.54, 1.807) is 0 Å². The van der Waals surface area contributed by atoms with Gasteiger partial charge in [-0.25, -0.2) is 4.79 Å². The Hall–Kier alpha value is -1.83. The van der Waals surface area contributed by atoms with Crippen LogP contribution >= 0.6 is 0 Å². The average Bonchev–Trinajstić information content (AvgIpc) is 2.60. The van der Waals surface area contributed by atoms with Crippen molar-refractivity contribution in [3.05, 3.63) is 0 Å². The Morgan fingerprint density at radius 3 is 2.52 bits per heavy atom. The normalized spacial score (nSPS) is 30.1. The SMILES string of the molecule is CCOC(=O)C1(O)C[C@H](O)[C@@H](NC(C)=O)[C@H]([C@H](O)[C@H](O)CNC(=O)CN)O1. The fourth-order valence-corrected chi connectivity index (χ4v) is 2.68. The molecule has 1 unspecified atom stereocenters. The van der Waals surface area contributed by atoms with Crippen LogP contribution in [0.15, 0.2) is 0 Å². The predicted molar refractivity (Wildman–Crippen MR) is 88.8 cm³/mol. The molecule has 1 saturated heterocycles. The fraction of sp³-hybridized carbons (Fsp3) is 0.800. The zero-order chi connectivity index (χ0) is 20.8. The van der Waals surface area contributed by atoms with E-state index in [0.29, 0.717) is 0 Å². The second-order valence-electron chi connectivity index (χ2n) is 6.15. The second-order valence-corrected chi connectivity index (χ2v) is 6.15. The highest BCUT2D eigenvalue weighted by atomic mass is 16.7. The van der Waals surface area contributed by atoms with Crippen molar-refractivity contribution in [2.24, 2.45) is 5.73 Å². The summed E-state index contributed by atoms with van der Waals surface area (Å²) in [6.07, 6.45) is -7.12. The van der Waals surface area contributed by atoms with E-state index < -0.39 is 67.0 Å². The number of rotatable bonds is 8. The summed E-state index contributed by atoms with van der Waals surface area (Å²) >= 11 is 0. The molecule has 0 aliphatic carbocycles. The molecular weight excluding hydrogens is 366 g/mol. The smallest absolute Gasteiger partial charge is 0.366 e. The van der Waals surface area contributed by atoms with Gasteiger partial charge in [-0.3, -0.25) is 9.59 Å². The molecule has 12 heteroatoms. The van der Waals surface area contributed by atoms with E-state index in [9.17, 15) is 34.8 Å². The van der Waals surface area contributed by atoms with Crippen LogP contribution in [0.2, 0.25) is 0 Å². The molecule has 0 aromatic heterocycles. The van der Waals surface area contributed by atoms with Crippen molar-refractivity contribution < 1.29 is 44.3 Å². The van der Waals surface area contributed by atoms with Crippen molar-refractivity contribution >= 4 is 17.8 Å². The van der Waals surface area contributed by atoms with Gasteiger partial charge in [-0.05, 0) is 6.92 Å². The lowest BCUT2D eigenvalue weighted by atomic mass is 9.88. The first-order valence-electron chi connectivity index (χ1n) is 8.41. The minimum Gasteiger partial charge on any atom is -0.462 e. The van der Waals surface area contributed by atoms with E-state index in [0.717, 1.165) is 6.92 Å². The summed E-state index contributed by atoms with van der Waals surface area (Å²) in [5, 5.41) is 45.8. The number of aliphatic hydroxyl groups is 4. The lowest BCUT2D eigenvalue weighted by Crippen LogP contribution is -2.67. The highest BCUT2D eigenvalue weighted by Crippen LogP contribution is 2.31. The maximum atomic E-state index is 12.0. The Labute approximate surface area is 155 Å². The number of aliphatic hydroxyl groups excluding tert-OH is 3. The third kappa shape index (κ3) is 6.09. The predicted octanol–water partition coefficient (Wildman–Crippen LogP) is -4.31. The highest BCUT2D eigenvalue weighted by molar-refractivity contribution is 5.78. The van der Waals surface area contributed by atoms with Gasteiger partial charge in [0.15, 0.2) is 0 Å². The van der Waals surface area contributed by atoms with E-state index in [-0.39, 0.29) is 13.2 Å². The van der Waals surface area contributed by atoms with Crippen molar-refractivity contribution in [3.63, 3.8) is 0 Å². The number of ether oxygens (including phenoxy) is 2. The van der Waals surface area contributed by atoms with E-state index >= 15 is 0 Å². The van der Waals surface area contributed by atoms with Crippen LogP contribution in [0, 0.1) is 0 Å². The summed E-state index contributed by atoms with van der Waals surface area (Å²) in [5.41, 5.74) is 5.12. The number of hydrogen-bond acceptors (Lipinski definition) is 10. The summed E-state index contributed by atoms with van der Waals surface area (Å²) in [6, 6.07) is -1.24. The van der Waals surface area contributed by atoms with Crippen molar-refractivity contribution in [2.45, 2.75) is 56.5 Å². The minimum atomic E-state index is -2.59. The number of amides is 2. The molecule has 6 atom stereocenters. The van der Waals surface area contributed by atoms with Gasteiger partial charge in [0.2, 0.25) is 11.8 Å². The van der Waals surface area contributed by atoms with Gasteiger partial charge in [0.1, 0.15) is 12.2 Å². The number of nitrogens with one attached hydrogen (secondary N) is 2. The number of esters is 1. The maximum Gasteiger partial charge on any atom is 0.366 e. The molecule has 1 aliphatic rings. The Balaban J connectivity index is 3.03. The Morgan fingerprint density at radius 2 is 2.00 bits per heavy atom. The molecule has 0 spiro atoms. The molecule has 1 aliphatic heterocycles. The molecular formula is C15H27N3O9. The van der Waals surface area contributed by atoms with Gasteiger partial charge >= 0.3 is 5.97 Å². The lowest BCUT2D eigenvalue weighted by Gasteiger charge is -2.45. The number of nitrogens with two attached hydrogens (primary N) is 1. The van der Waals surface area contributed by atoms with E-state index in [1.807, 2.05) is 0 Å². The van der Waals surface area contributed by atoms with Crippen LogP contribution in [0.25, 0.3) is 0 Å². The summed E-state index contributed by atoms with van der Waals surface area (Å²) in [6.45, 7) is 1.82. The van der Waals surface area contributed by atoms with Gasteiger partial charge < -0.3 is 46.3 Å². The first-order valence-corrected chi connectivity index (χ1v) is 8.41. The molecule has 0 bridgehead atoms. The summed E-state index contributed by atoms with van der Waals surface area (Å²) in [4.78, 5) is 34.6. The third-order valence-corrected chi connectivity index (χ3v) is 3.97.